The summed E-state index contributed by atoms with van der Waals surface area (Å²) in [5.41, 5.74) is 9.52. The first-order chi connectivity index (χ1) is 7.02. The number of rotatable bonds is 0. The SMILES string of the molecule is CC(=O)N1CCc2c(C)c(N)cc(Cl)c21. The summed E-state index contributed by atoms with van der Waals surface area (Å²) < 4.78 is 0. The highest BCUT2D eigenvalue weighted by molar-refractivity contribution is 6.34. The fourth-order valence-corrected chi connectivity index (χ4v) is 2.39. The van der Waals surface area contributed by atoms with E-state index in [9.17, 15) is 4.79 Å². The fraction of sp³-hybridized carbons (Fsp3) is 0.364. The van der Waals surface area contributed by atoms with Gasteiger partial charge in [0.25, 0.3) is 0 Å². The van der Waals surface area contributed by atoms with Crippen LogP contribution in [0.15, 0.2) is 6.07 Å². The van der Waals surface area contributed by atoms with Gasteiger partial charge in [-0.1, -0.05) is 11.6 Å². The van der Waals surface area contributed by atoms with E-state index in [4.69, 9.17) is 17.3 Å². The number of nitrogens with two attached hydrogens (primary N) is 1. The zero-order chi connectivity index (χ0) is 11.2. The van der Waals surface area contributed by atoms with E-state index in [1.807, 2.05) is 6.92 Å². The highest BCUT2D eigenvalue weighted by Gasteiger charge is 2.27. The Balaban J connectivity index is 2.63. The minimum absolute atomic E-state index is 0.0276. The molecule has 0 saturated heterocycles. The number of carbonyl (C=O) groups is 1. The largest absolute Gasteiger partial charge is 0.398 e. The molecule has 3 nitrogen and oxygen atoms in total. The van der Waals surface area contributed by atoms with Crippen molar-refractivity contribution in [3.8, 4) is 0 Å². The smallest absolute Gasteiger partial charge is 0.223 e. The van der Waals surface area contributed by atoms with Gasteiger partial charge in [0.05, 0.1) is 10.7 Å². The van der Waals surface area contributed by atoms with E-state index in [2.05, 4.69) is 0 Å². The molecule has 2 rings (SSSR count). The van der Waals surface area contributed by atoms with Gasteiger partial charge in [0.15, 0.2) is 0 Å². The number of halogens is 1. The van der Waals surface area contributed by atoms with Crippen LogP contribution in [-0.2, 0) is 11.2 Å². The van der Waals surface area contributed by atoms with Crippen LogP contribution in [0.4, 0.5) is 11.4 Å². The van der Waals surface area contributed by atoms with Crippen molar-refractivity contribution in [3.05, 3.63) is 22.2 Å². The van der Waals surface area contributed by atoms with Gasteiger partial charge in [-0.25, -0.2) is 0 Å². The number of nitrogens with zero attached hydrogens (tertiary/aromatic N) is 1. The molecule has 1 aliphatic heterocycles. The lowest BCUT2D eigenvalue weighted by atomic mass is 10.0. The molecule has 0 aromatic heterocycles. The maximum absolute atomic E-state index is 11.4. The van der Waals surface area contributed by atoms with Gasteiger partial charge in [-0.15, -0.1) is 0 Å². The van der Waals surface area contributed by atoms with Gasteiger partial charge in [-0.2, -0.15) is 0 Å². The Morgan fingerprint density at radius 3 is 2.87 bits per heavy atom. The molecule has 1 aromatic rings. The van der Waals surface area contributed by atoms with Crippen molar-refractivity contribution in [2.75, 3.05) is 17.2 Å². The molecule has 1 heterocycles. The van der Waals surface area contributed by atoms with E-state index in [-0.39, 0.29) is 5.91 Å². The Kier molecular flexibility index (Phi) is 2.35. The fourth-order valence-electron chi connectivity index (χ4n) is 2.06. The van der Waals surface area contributed by atoms with E-state index in [1.54, 1.807) is 17.9 Å². The van der Waals surface area contributed by atoms with Crippen molar-refractivity contribution in [3.63, 3.8) is 0 Å². The molecule has 2 N–H and O–H groups in total. The lowest BCUT2D eigenvalue weighted by Crippen LogP contribution is -2.26. The second-order valence-corrected chi connectivity index (χ2v) is 4.23. The molecule has 80 valence electrons. The lowest BCUT2D eigenvalue weighted by Gasteiger charge is -2.17. The van der Waals surface area contributed by atoms with Crippen molar-refractivity contribution in [2.45, 2.75) is 20.3 Å². The summed E-state index contributed by atoms with van der Waals surface area (Å²) in [5.74, 6) is 0.0276. The number of hydrogen-bond donors (Lipinski definition) is 1. The molecule has 15 heavy (non-hydrogen) atoms. The average molecular weight is 225 g/mol. The summed E-state index contributed by atoms with van der Waals surface area (Å²) in [6, 6.07) is 1.72. The van der Waals surface area contributed by atoms with Crippen LogP contribution in [0.3, 0.4) is 0 Å². The molecule has 0 saturated carbocycles. The predicted octanol–water partition coefficient (Wildman–Crippen LogP) is 2.14. The number of hydrogen-bond acceptors (Lipinski definition) is 2. The number of benzene rings is 1. The summed E-state index contributed by atoms with van der Waals surface area (Å²) in [6.07, 6.45) is 0.839. The summed E-state index contributed by atoms with van der Waals surface area (Å²) >= 11 is 6.11. The quantitative estimate of drug-likeness (QED) is 0.687. The number of nitrogen functional groups attached to an aromatic ring is 1. The van der Waals surface area contributed by atoms with Crippen LogP contribution < -0.4 is 10.6 Å². The maximum atomic E-state index is 11.4. The van der Waals surface area contributed by atoms with Crippen molar-refractivity contribution in [1.82, 2.24) is 0 Å². The second-order valence-electron chi connectivity index (χ2n) is 3.82. The van der Waals surface area contributed by atoms with E-state index >= 15 is 0 Å². The topological polar surface area (TPSA) is 46.3 Å². The van der Waals surface area contributed by atoms with Crippen LogP contribution in [-0.4, -0.2) is 12.5 Å². The Labute approximate surface area is 93.8 Å². The third kappa shape index (κ3) is 1.47. The average Bonchev–Trinajstić information content (AvgIpc) is 2.58. The zero-order valence-electron chi connectivity index (χ0n) is 8.80. The maximum Gasteiger partial charge on any atom is 0.223 e. The molecule has 1 amide bonds. The molecule has 0 fully saturated rings. The monoisotopic (exact) mass is 224 g/mol. The van der Waals surface area contributed by atoms with Crippen molar-refractivity contribution < 1.29 is 4.79 Å². The molecule has 0 atom stereocenters. The molecule has 0 aliphatic carbocycles. The third-order valence-corrected chi connectivity index (χ3v) is 3.20. The minimum atomic E-state index is 0.0276. The molecule has 0 radical (unpaired) electrons. The zero-order valence-corrected chi connectivity index (χ0v) is 9.56. The Bertz CT molecular complexity index is 443. The van der Waals surface area contributed by atoms with Crippen LogP contribution >= 0.6 is 11.6 Å². The number of amides is 1. The first-order valence-electron chi connectivity index (χ1n) is 4.88. The third-order valence-electron chi connectivity index (χ3n) is 2.92. The standard InChI is InChI=1S/C11H13ClN2O/c1-6-8-3-4-14(7(2)15)11(8)9(12)5-10(6)13/h5H,3-4,13H2,1-2H3. The first kappa shape index (κ1) is 10.3. The number of fused-ring (bicyclic) bond motifs is 1. The molecule has 0 unspecified atom stereocenters. The molecule has 4 heteroatoms. The van der Waals surface area contributed by atoms with Crippen LogP contribution in [0, 0.1) is 6.92 Å². The number of anilines is 2. The van der Waals surface area contributed by atoms with Gasteiger partial charge in [0.2, 0.25) is 5.91 Å². The summed E-state index contributed by atoms with van der Waals surface area (Å²) in [7, 11) is 0. The normalized spacial score (nSPS) is 14.2. The minimum Gasteiger partial charge on any atom is -0.398 e. The highest BCUT2D eigenvalue weighted by atomic mass is 35.5. The first-order valence-corrected chi connectivity index (χ1v) is 5.25. The lowest BCUT2D eigenvalue weighted by molar-refractivity contribution is -0.116. The van der Waals surface area contributed by atoms with Gasteiger partial charge in [0.1, 0.15) is 0 Å². The second kappa shape index (κ2) is 3.42. The van der Waals surface area contributed by atoms with E-state index in [1.165, 1.54) is 0 Å². The van der Waals surface area contributed by atoms with Crippen LogP contribution in [0.1, 0.15) is 18.1 Å². The van der Waals surface area contributed by atoms with Gasteiger partial charge in [-0.3, -0.25) is 4.79 Å². The molecular formula is C11H13ClN2O. The van der Waals surface area contributed by atoms with E-state index < -0.39 is 0 Å². The van der Waals surface area contributed by atoms with Gasteiger partial charge < -0.3 is 10.6 Å². The molecule has 0 spiro atoms. The van der Waals surface area contributed by atoms with E-state index in [0.29, 0.717) is 17.3 Å². The van der Waals surface area contributed by atoms with Crippen LogP contribution in [0.25, 0.3) is 0 Å². The summed E-state index contributed by atoms with van der Waals surface area (Å²) in [6.45, 7) is 4.22. The number of carbonyl (C=O) groups excluding carboxylic acids is 1. The molecular weight excluding hydrogens is 212 g/mol. The van der Waals surface area contributed by atoms with Gasteiger partial charge >= 0.3 is 0 Å². The van der Waals surface area contributed by atoms with Crippen LogP contribution in [0.5, 0.6) is 0 Å². The van der Waals surface area contributed by atoms with Crippen molar-refractivity contribution in [1.29, 1.82) is 0 Å². The van der Waals surface area contributed by atoms with E-state index in [0.717, 1.165) is 23.2 Å². The molecule has 1 aromatic carbocycles. The van der Waals surface area contributed by atoms with Crippen LogP contribution in [0.2, 0.25) is 5.02 Å². The van der Waals surface area contributed by atoms with Crippen molar-refractivity contribution in [2.24, 2.45) is 0 Å². The Hall–Kier alpha value is -1.22. The summed E-state index contributed by atoms with van der Waals surface area (Å²) in [4.78, 5) is 13.1. The van der Waals surface area contributed by atoms with Crippen molar-refractivity contribution >= 4 is 28.9 Å². The van der Waals surface area contributed by atoms with Gasteiger partial charge in [0, 0.05) is 19.2 Å². The predicted molar refractivity (Wildman–Crippen MR) is 62.3 cm³/mol. The Morgan fingerprint density at radius 2 is 2.27 bits per heavy atom. The molecule has 0 bridgehead atoms. The van der Waals surface area contributed by atoms with Gasteiger partial charge in [-0.05, 0) is 30.5 Å². The summed E-state index contributed by atoms with van der Waals surface area (Å²) in [5, 5.41) is 0.570. The molecule has 1 aliphatic rings. The highest BCUT2D eigenvalue weighted by Crippen LogP contribution is 2.39. The Morgan fingerprint density at radius 1 is 1.60 bits per heavy atom.